The number of carbonyl (C=O) groups excluding carboxylic acids is 2. The molecule has 2 amide bonds. The third-order valence-corrected chi connectivity index (χ3v) is 5.12. The van der Waals surface area contributed by atoms with E-state index in [1.165, 1.54) is 0 Å². The minimum Gasteiger partial charge on any atom is -0.480 e. The maximum Gasteiger partial charge on any atom is 0.329 e. The van der Waals surface area contributed by atoms with E-state index in [0.717, 1.165) is 12.8 Å². The van der Waals surface area contributed by atoms with Crippen LogP contribution in [0.2, 0.25) is 5.02 Å². The van der Waals surface area contributed by atoms with Crippen LogP contribution >= 0.6 is 11.6 Å². The molecule has 2 N–H and O–H groups in total. The van der Waals surface area contributed by atoms with Crippen molar-refractivity contribution >= 4 is 35.1 Å². The van der Waals surface area contributed by atoms with Crippen LogP contribution in [-0.2, 0) is 14.4 Å². The Balaban J connectivity index is 1.70. The molecule has 1 aliphatic carbocycles. The SMILES string of the molecule is O=C(NC1(C(=O)O)CCCC1)C1CC(=O)N(c2ccc(Cl)cc2)C1. The molecule has 1 atom stereocenters. The number of halogens is 1. The lowest BCUT2D eigenvalue weighted by atomic mass is 9.96. The average Bonchev–Trinajstić information content (AvgIpc) is 3.16. The van der Waals surface area contributed by atoms with Gasteiger partial charge in [-0.15, -0.1) is 0 Å². The number of nitrogens with zero attached hydrogens (tertiary/aromatic N) is 1. The van der Waals surface area contributed by atoms with Gasteiger partial charge in [0.2, 0.25) is 11.8 Å². The normalized spacial score (nSPS) is 22.6. The van der Waals surface area contributed by atoms with Crippen molar-refractivity contribution in [3.63, 3.8) is 0 Å². The van der Waals surface area contributed by atoms with Gasteiger partial charge in [0.15, 0.2) is 0 Å². The number of carboxylic acids is 1. The summed E-state index contributed by atoms with van der Waals surface area (Å²) >= 11 is 5.85. The first-order valence-corrected chi connectivity index (χ1v) is 8.40. The third-order valence-electron chi connectivity index (χ3n) is 4.86. The van der Waals surface area contributed by atoms with Gasteiger partial charge in [-0.25, -0.2) is 4.79 Å². The number of aliphatic carboxylic acids is 1. The topological polar surface area (TPSA) is 86.7 Å². The van der Waals surface area contributed by atoms with Crippen LogP contribution in [0.1, 0.15) is 32.1 Å². The number of benzene rings is 1. The summed E-state index contributed by atoms with van der Waals surface area (Å²) in [4.78, 5) is 37.8. The van der Waals surface area contributed by atoms with Crippen LogP contribution in [0.4, 0.5) is 5.69 Å². The Morgan fingerprint density at radius 3 is 2.42 bits per heavy atom. The van der Waals surface area contributed by atoms with Crippen molar-refractivity contribution in [2.24, 2.45) is 5.92 Å². The van der Waals surface area contributed by atoms with E-state index in [0.29, 0.717) is 23.6 Å². The minimum absolute atomic E-state index is 0.0875. The Kier molecular flexibility index (Phi) is 4.49. The molecule has 1 heterocycles. The molecule has 0 radical (unpaired) electrons. The number of hydrogen-bond donors (Lipinski definition) is 2. The summed E-state index contributed by atoms with van der Waals surface area (Å²) in [6, 6.07) is 6.84. The Labute approximate surface area is 144 Å². The molecule has 24 heavy (non-hydrogen) atoms. The van der Waals surface area contributed by atoms with Gasteiger partial charge in [0.05, 0.1) is 5.92 Å². The van der Waals surface area contributed by atoms with Crippen LogP contribution in [0, 0.1) is 5.92 Å². The molecule has 128 valence electrons. The Morgan fingerprint density at radius 1 is 1.21 bits per heavy atom. The fourth-order valence-electron chi connectivity index (χ4n) is 3.46. The van der Waals surface area contributed by atoms with Gasteiger partial charge in [-0.2, -0.15) is 0 Å². The molecular formula is C17H19ClN2O4. The van der Waals surface area contributed by atoms with Crippen molar-refractivity contribution in [3.05, 3.63) is 29.3 Å². The number of hydrogen-bond acceptors (Lipinski definition) is 3. The molecule has 6 nitrogen and oxygen atoms in total. The van der Waals surface area contributed by atoms with E-state index >= 15 is 0 Å². The summed E-state index contributed by atoms with van der Waals surface area (Å²) in [6.45, 7) is 0.252. The largest absolute Gasteiger partial charge is 0.480 e. The van der Waals surface area contributed by atoms with Gasteiger partial charge in [0.25, 0.3) is 0 Å². The van der Waals surface area contributed by atoms with Crippen molar-refractivity contribution in [1.29, 1.82) is 0 Å². The first kappa shape index (κ1) is 16.8. The molecule has 1 unspecified atom stereocenters. The summed E-state index contributed by atoms with van der Waals surface area (Å²) in [6.07, 6.45) is 2.54. The molecule has 1 aromatic carbocycles. The van der Waals surface area contributed by atoms with Gasteiger partial charge in [-0.1, -0.05) is 24.4 Å². The fourth-order valence-corrected chi connectivity index (χ4v) is 3.59. The molecule has 1 saturated heterocycles. The molecule has 0 bridgehead atoms. The highest BCUT2D eigenvalue weighted by Crippen LogP contribution is 2.32. The highest BCUT2D eigenvalue weighted by atomic mass is 35.5. The second kappa shape index (κ2) is 6.43. The van der Waals surface area contributed by atoms with Gasteiger partial charge < -0.3 is 15.3 Å². The molecule has 2 aliphatic rings. The summed E-state index contributed by atoms with van der Waals surface area (Å²) in [5.41, 5.74) is -0.484. The van der Waals surface area contributed by atoms with Gasteiger partial charge in [0, 0.05) is 23.7 Å². The third kappa shape index (κ3) is 3.11. The lowest BCUT2D eigenvalue weighted by Gasteiger charge is -2.27. The van der Waals surface area contributed by atoms with E-state index in [4.69, 9.17) is 11.6 Å². The van der Waals surface area contributed by atoms with Crippen molar-refractivity contribution < 1.29 is 19.5 Å². The van der Waals surface area contributed by atoms with E-state index in [-0.39, 0.29) is 24.8 Å². The molecular weight excluding hydrogens is 332 g/mol. The first-order chi connectivity index (χ1) is 11.4. The van der Waals surface area contributed by atoms with Gasteiger partial charge in [-0.3, -0.25) is 9.59 Å². The minimum atomic E-state index is -1.17. The monoisotopic (exact) mass is 350 g/mol. The Morgan fingerprint density at radius 2 is 1.83 bits per heavy atom. The summed E-state index contributed by atoms with van der Waals surface area (Å²) in [5, 5.41) is 12.7. The maximum atomic E-state index is 12.5. The zero-order valence-electron chi connectivity index (χ0n) is 13.1. The van der Waals surface area contributed by atoms with Crippen LogP contribution in [-0.4, -0.2) is 35.0 Å². The van der Waals surface area contributed by atoms with Crippen LogP contribution < -0.4 is 10.2 Å². The molecule has 1 aromatic rings. The molecule has 0 aromatic heterocycles. The number of nitrogens with one attached hydrogen (secondary N) is 1. The van der Waals surface area contributed by atoms with Crippen molar-refractivity contribution in [2.75, 3.05) is 11.4 Å². The summed E-state index contributed by atoms with van der Waals surface area (Å²) in [5.74, 6) is -2.03. The van der Waals surface area contributed by atoms with Crippen LogP contribution in [0.15, 0.2) is 24.3 Å². The Hall–Kier alpha value is -2.08. The molecule has 7 heteroatoms. The van der Waals surface area contributed by atoms with E-state index in [1.54, 1.807) is 29.2 Å². The van der Waals surface area contributed by atoms with Crippen LogP contribution in [0.25, 0.3) is 0 Å². The second-order valence-corrected chi connectivity index (χ2v) is 6.90. The molecule has 2 fully saturated rings. The predicted molar refractivity (Wildman–Crippen MR) is 88.9 cm³/mol. The number of carbonyl (C=O) groups is 3. The van der Waals surface area contributed by atoms with E-state index < -0.39 is 17.4 Å². The first-order valence-electron chi connectivity index (χ1n) is 8.03. The summed E-state index contributed by atoms with van der Waals surface area (Å²) in [7, 11) is 0. The van der Waals surface area contributed by atoms with Gasteiger partial charge in [0.1, 0.15) is 5.54 Å². The maximum absolute atomic E-state index is 12.5. The summed E-state index contributed by atoms with van der Waals surface area (Å²) < 4.78 is 0. The Bertz CT molecular complexity index is 668. The number of anilines is 1. The lowest BCUT2D eigenvalue weighted by molar-refractivity contribution is -0.148. The van der Waals surface area contributed by atoms with Crippen molar-refractivity contribution in [1.82, 2.24) is 5.32 Å². The highest BCUT2D eigenvalue weighted by Gasteiger charge is 2.45. The van der Waals surface area contributed by atoms with Gasteiger partial charge in [-0.05, 0) is 37.1 Å². The van der Waals surface area contributed by atoms with Gasteiger partial charge >= 0.3 is 5.97 Å². The zero-order chi connectivity index (χ0) is 17.3. The zero-order valence-corrected chi connectivity index (χ0v) is 13.9. The number of carboxylic acid groups (broad SMARTS) is 1. The fraction of sp³-hybridized carbons (Fsp3) is 0.471. The number of amides is 2. The van der Waals surface area contributed by atoms with E-state index in [9.17, 15) is 19.5 Å². The van der Waals surface area contributed by atoms with Crippen LogP contribution in [0.5, 0.6) is 0 Å². The molecule has 1 aliphatic heterocycles. The standard InChI is InChI=1S/C17H19ClN2O4/c18-12-3-5-13(6-4-12)20-10-11(9-14(20)21)15(22)19-17(16(23)24)7-1-2-8-17/h3-6,11H,1-2,7-10H2,(H,19,22)(H,23,24). The molecule has 3 rings (SSSR count). The second-order valence-electron chi connectivity index (χ2n) is 6.47. The van der Waals surface area contributed by atoms with Crippen molar-refractivity contribution in [2.45, 2.75) is 37.6 Å². The van der Waals surface area contributed by atoms with E-state index in [1.807, 2.05) is 0 Å². The van der Waals surface area contributed by atoms with E-state index in [2.05, 4.69) is 5.32 Å². The lowest BCUT2D eigenvalue weighted by Crippen LogP contribution is -2.54. The van der Waals surface area contributed by atoms with Crippen LogP contribution in [0.3, 0.4) is 0 Å². The average molecular weight is 351 g/mol. The quantitative estimate of drug-likeness (QED) is 0.871. The molecule has 1 saturated carbocycles. The van der Waals surface area contributed by atoms with Crippen molar-refractivity contribution in [3.8, 4) is 0 Å². The predicted octanol–water partition coefficient (Wildman–Crippen LogP) is 2.21. The number of rotatable bonds is 4. The molecule has 0 spiro atoms. The highest BCUT2D eigenvalue weighted by molar-refractivity contribution is 6.30. The smallest absolute Gasteiger partial charge is 0.329 e.